The van der Waals surface area contributed by atoms with Gasteiger partial charge in [0.05, 0.1) is 25.3 Å². The number of sulfonamides is 1. The first-order valence-corrected chi connectivity index (χ1v) is 12.9. The molecule has 1 aromatic heterocycles. The van der Waals surface area contributed by atoms with Gasteiger partial charge in [0.25, 0.3) is 0 Å². The lowest BCUT2D eigenvalue weighted by Gasteiger charge is -2.40. The van der Waals surface area contributed by atoms with Crippen LogP contribution in [0.3, 0.4) is 0 Å². The molecule has 180 valence electrons. The van der Waals surface area contributed by atoms with Gasteiger partial charge in [-0.2, -0.15) is 0 Å². The lowest BCUT2D eigenvalue weighted by atomic mass is 9.99. The van der Waals surface area contributed by atoms with E-state index < -0.39 is 15.6 Å². The van der Waals surface area contributed by atoms with Crippen molar-refractivity contribution in [1.29, 1.82) is 0 Å². The van der Waals surface area contributed by atoms with Crippen LogP contribution in [0.1, 0.15) is 40.5 Å². The number of hydrogen-bond acceptors (Lipinski definition) is 8. The van der Waals surface area contributed by atoms with Gasteiger partial charge in [0.1, 0.15) is 5.60 Å². The van der Waals surface area contributed by atoms with Crippen molar-refractivity contribution in [3.8, 4) is 5.75 Å². The number of nitrogens with zero attached hydrogens (tertiary/aromatic N) is 5. The van der Waals surface area contributed by atoms with E-state index in [1.807, 2.05) is 27.7 Å². The van der Waals surface area contributed by atoms with Gasteiger partial charge in [0.2, 0.25) is 16.0 Å². The molecule has 1 aromatic rings. The fraction of sp³-hybridized carbons (Fsp3) is 0.762. The molecule has 0 saturated carbocycles. The van der Waals surface area contributed by atoms with E-state index in [9.17, 15) is 13.2 Å². The molecule has 2 fully saturated rings. The average Bonchev–Trinajstić information content (AvgIpc) is 2.71. The van der Waals surface area contributed by atoms with E-state index >= 15 is 0 Å². The van der Waals surface area contributed by atoms with Crippen LogP contribution in [0, 0.1) is 5.92 Å². The molecule has 3 heterocycles. The lowest BCUT2D eigenvalue weighted by molar-refractivity contribution is 0.0218. The van der Waals surface area contributed by atoms with Crippen molar-refractivity contribution in [3.05, 3.63) is 12.4 Å². The summed E-state index contributed by atoms with van der Waals surface area (Å²) in [6.45, 7) is 10.9. The first-order valence-electron chi connectivity index (χ1n) is 11.1. The third-order valence-corrected chi connectivity index (χ3v) is 6.98. The Kier molecular flexibility index (Phi) is 7.49. The molecule has 32 heavy (non-hydrogen) atoms. The molecule has 2 saturated heterocycles. The molecule has 0 N–H and O–H groups in total. The molecule has 0 unspecified atom stereocenters. The molecule has 1 atom stereocenters. The van der Waals surface area contributed by atoms with E-state index in [0.29, 0.717) is 56.9 Å². The summed E-state index contributed by atoms with van der Waals surface area (Å²) in [7, 11) is -3.11. The number of carbonyl (C=O) groups is 1. The largest absolute Gasteiger partial charge is 0.490 e. The number of anilines is 1. The van der Waals surface area contributed by atoms with E-state index in [-0.39, 0.29) is 12.1 Å². The van der Waals surface area contributed by atoms with Gasteiger partial charge >= 0.3 is 6.09 Å². The summed E-state index contributed by atoms with van der Waals surface area (Å²) in [5.41, 5.74) is -0.513. The SMILES string of the molecule is C[C@@H]1CN(C(=O)OC(C)(C)C)CCN1c1ncc(OCC2CCN(S(C)(=O)=O)CC2)cn1. The van der Waals surface area contributed by atoms with Crippen LogP contribution in [0.15, 0.2) is 12.4 Å². The maximum Gasteiger partial charge on any atom is 0.410 e. The Morgan fingerprint density at radius 2 is 1.75 bits per heavy atom. The fourth-order valence-electron chi connectivity index (χ4n) is 3.90. The van der Waals surface area contributed by atoms with Crippen molar-refractivity contribution in [2.75, 3.05) is 50.5 Å². The number of ether oxygens (including phenoxy) is 2. The van der Waals surface area contributed by atoms with E-state index in [4.69, 9.17) is 9.47 Å². The molecule has 0 radical (unpaired) electrons. The lowest BCUT2D eigenvalue weighted by Crippen LogP contribution is -2.55. The molecule has 11 heteroatoms. The number of aromatic nitrogens is 2. The number of hydrogen-bond donors (Lipinski definition) is 0. The second kappa shape index (κ2) is 9.78. The summed E-state index contributed by atoms with van der Waals surface area (Å²) in [6, 6.07) is 0.0584. The van der Waals surface area contributed by atoms with Crippen LogP contribution in [0.25, 0.3) is 0 Å². The highest BCUT2D eigenvalue weighted by molar-refractivity contribution is 7.88. The van der Waals surface area contributed by atoms with Gasteiger partial charge < -0.3 is 19.3 Å². The Bertz CT molecular complexity index is 879. The van der Waals surface area contributed by atoms with Crippen molar-refractivity contribution in [3.63, 3.8) is 0 Å². The molecule has 0 aliphatic carbocycles. The Balaban J connectivity index is 1.47. The van der Waals surface area contributed by atoms with Crippen LogP contribution in [0.2, 0.25) is 0 Å². The van der Waals surface area contributed by atoms with E-state index in [1.54, 1.807) is 17.3 Å². The van der Waals surface area contributed by atoms with Crippen molar-refractivity contribution in [1.82, 2.24) is 19.2 Å². The van der Waals surface area contributed by atoms with Crippen molar-refractivity contribution >= 4 is 22.1 Å². The summed E-state index contributed by atoms with van der Waals surface area (Å²) in [4.78, 5) is 25.0. The van der Waals surface area contributed by atoms with Gasteiger partial charge in [-0.05, 0) is 46.5 Å². The van der Waals surface area contributed by atoms with E-state index in [0.717, 1.165) is 12.8 Å². The van der Waals surface area contributed by atoms with Crippen LogP contribution >= 0.6 is 0 Å². The monoisotopic (exact) mass is 469 g/mol. The van der Waals surface area contributed by atoms with Crippen LogP contribution in [0.5, 0.6) is 5.75 Å². The van der Waals surface area contributed by atoms with Gasteiger partial charge in [0.15, 0.2) is 5.75 Å². The third-order valence-electron chi connectivity index (χ3n) is 5.68. The van der Waals surface area contributed by atoms with Gasteiger partial charge in [-0.25, -0.2) is 27.5 Å². The Morgan fingerprint density at radius 3 is 2.28 bits per heavy atom. The second-order valence-corrected chi connectivity index (χ2v) is 11.6. The molecular formula is C21H35N5O5S. The normalized spacial score (nSPS) is 21.5. The average molecular weight is 470 g/mol. The minimum absolute atomic E-state index is 0.0584. The quantitative estimate of drug-likeness (QED) is 0.645. The molecule has 0 aromatic carbocycles. The van der Waals surface area contributed by atoms with E-state index in [1.165, 1.54) is 10.6 Å². The van der Waals surface area contributed by atoms with Crippen LogP contribution in [0.4, 0.5) is 10.7 Å². The maximum absolute atomic E-state index is 12.3. The highest BCUT2D eigenvalue weighted by Crippen LogP contribution is 2.22. The zero-order valence-corrected chi connectivity index (χ0v) is 20.5. The molecule has 3 rings (SSSR count). The predicted octanol–water partition coefficient (Wildman–Crippen LogP) is 1.97. The zero-order valence-electron chi connectivity index (χ0n) is 19.7. The number of carbonyl (C=O) groups excluding carboxylic acids is 1. The molecule has 10 nitrogen and oxygen atoms in total. The number of piperidine rings is 1. The summed E-state index contributed by atoms with van der Waals surface area (Å²) in [5.74, 6) is 1.52. The first kappa shape index (κ1) is 24.5. The number of amides is 1. The van der Waals surface area contributed by atoms with Crippen molar-refractivity contribution in [2.45, 2.75) is 52.2 Å². The smallest absolute Gasteiger partial charge is 0.410 e. The topological polar surface area (TPSA) is 105 Å². The second-order valence-electron chi connectivity index (χ2n) is 9.60. The minimum Gasteiger partial charge on any atom is -0.490 e. The minimum atomic E-state index is -3.11. The number of rotatable bonds is 5. The highest BCUT2D eigenvalue weighted by atomic mass is 32.2. The Labute approximate surface area is 190 Å². The molecule has 0 spiro atoms. The fourth-order valence-corrected chi connectivity index (χ4v) is 4.78. The maximum atomic E-state index is 12.3. The first-order chi connectivity index (χ1) is 14.9. The summed E-state index contributed by atoms with van der Waals surface area (Å²) in [5, 5.41) is 0. The van der Waals surface area contributed by atoms with Gasteiger partial charge in [-0.1, -0.05) is 0 Å². The predicted molar refractivity (Wildman–Crippen MR) is 121 cm³/mol. The van der Waals surface area contributed by atoms with E-state index in [2.05, 4.69) is 14.9 Å². The molecule has 2 aliphatic heterocycles. The molecule has 0 bridgehead atoms. The Morgan fingerprint density at radius 1 is 1.12 bits per heavy atom. The Hall–Kier alpha value is -2.14. The molecular weight excluding hydrogens is 434 g/mol. The highest BCUT2D eigenvalue weighted by Gasteiger charge is 2.31. The number of piperazine rings is 1. The van der Waals surface area contributed by atoms with Gasteiger partial charge in [-0.15, -0.1) is 0 Å². The zero-order chi connectivity index (χ0) is 23.5. The van der Waals surface area contributed by atoms with Crippen molar-refractivity contribution in [2.24, 2.45) is 5.92 Å². The molecule has 1 amide bonds. The summed E-state index contributed by atoms with van der Waals surface area (Å²) < 4.78 is 36.1. The third kappa shape index (κ3) is 6.68. The van der Waals surface area contributed by atoms with Crippen LogP contribution in [-0.4, -0.2) is 90.9 Å². The summed E-state index contributed by atoms with van der Waals surface area (Å²) >= 11 is 0. The van der Waals surface area contributed by atoms with Gasteiger partial charge in [0, 0.05) is 38.8 Å². The summed E-state index contributed by atoms with van der Waals surface area (Å²) in [6.07, 6.45) is 5.86. The standard InChI is InChI=1S/C21H35N5O5S/c1-16-14-24(20(27)31-21(2,3)4)10-11-26(16)19-22-12-18(13-23-19)30-15-17-6-8-25(9-7-17)32(5,28)29/h12-13,16-17H,6-11,14-15H2,1-5H3/t16-/m1/s1. The van der Waals surface area contributed by atoms with Crippen LogP contribution in [-0.2, 0) is 14.8 Å². The van der Waals surface area contributed by atoms with Crippen molar-refractivity contribution < 1.29 is 22.7 Å². The van der Waals surface area contributed by atoms with Gasteiger partial charge in [-0.3, -0.25) is 0 Å². The molecule has 2 aliphatic rings. The van der Waals surface area contributed by atoms with Crippen LogP contribution < -0.4 is 9.64 Å².